The SMILES string of the molecule is [2H]c1nc(Br)c([2H])c([2H])c1C([2H])([2H])C([2H])([2H])[2H]. The molecule has 48 valence electrons. The molecular weight excluding hydrogens is 178 g/mol. The molecule has 0 amide bonds. The number of nitrogens with zero attached hydrogens (tertiary/aromatic N) is 1. The number of rotatable bonds is 1. The average Bonchev–Trinajstić information content (AvgIpc) is 2.12. The summed E-state index contributed by atoms with van der Waals surface area (Å²) in [5.74, 6) is 0. The molecule has 1 rings (SSSR count). The summed E-state index contributed by atoms with van der Waals surface area (Å²) in [6.45, 7) is -3.03. The zero-order chi connectivity index (χ0) is 13.6. The molecule has 0 aromatic carbocycles. The minimum Gasteiger partial charge on any atom is -0.249 e. The van der Waals surface area contributed by atoms with Crippen LogP contribution in [0.1, 0.15) is 23.4 Å². The summed E-state index contributed by atoms with van der Waals surface area (Å²) < 4.78 is 58.6. The fourth-order valence-electron chi connectivity index (χ4n) is 0.334. The first-order chi connectivity index (χ1) is 7.50. The molecule has 0 aliphatic rings. The van der Waals surface area contributed by atoms with E-state index in [0.717, 1.165) is 0 Å². The quantitative estimate of drug-likeness (QED) is 0.625. The maximum Gasteiger partial charge on any atom is 0.106 e. The molecule has 0 spiro atoms. The van der Waals surface area contributed by atoms with E-state index in [1.807, 2.05) is 0 Å². The number of hydrogen-bond donors (Lipinski definition) is 0. The van der Waals surface area contributed by atoms with Gasteiger partial charge < -0.3 is 0 Å². The van der Waals surface area contributed by atoms with Gasteiger partial charge in [0.15, 0.2) is 0 Å². The van der Waals surface area contributed by atoms with Gasteiger partial charge in [0, 0.05) is 13.0 Å². The van der Waals surface area contributed by atoms with Gasteiger partial charge in [0.2, 0.25) is 0 Å². The van der Waals surface area contributed by atoms with Crippen LogP contribution in [0, 0.1) is 0 Å². The summed E-state index contributed by atoms with van der Waals surface area (Å²) >= 11 is 2.85. The van der Waals surface area contributed by atoms with Gasteiger partial charge in [0.05, 0.1) is 4.11 Å². The summed E-state index contributed by atoms with van der Waals surface area (Å²) in [6.07, 6.45) is -3.54. The van der Waals surface area contributed by atoms with Crippen molar-refractivity contribution in [2.24, 2.45) is 0 Å². The van der Waals surface area contributed by atoms with E-state index in [-0.39, 0.29) is 4.60 Å². The summed E-state index contributed by atoms with van der Waals surface area (Å²) in [5.41, 5.74) is -0.689. The minimum absolute atomic E-state index is 0.0856. The normalized spacial score (nSPS) is 25.4. The second kappa shape index (κ2) is 2.97. The lowest BCUT2D eigenvalue weighted by Gasteiger charge is -1.92. The average molecular weight is 194 g/mol. The highest BCUT2D eigenvalue weighted by Gasteiger charge is 1.87. The molecule has 2 heteroatoms. The van der Waals surface area contributed by atoms with Gasteiger partial charge in [-0.2, -0.15) is 0 Å². The first-order valence-corrected chi connectivity index (χ1v) is 2.93. The summed E-state index contributed by atoms with van der Waals surface area (Å²) in [5, 5.41) is 0. The molecule has 0 saturated heterocycles. The third kappa shape index (κ3) is 1.79. The zero-order valence-corrected chi connectivity index (χ0v) is 5.91. The summed E-state index contributed by atoms with van der Waals surface area (Å²) in [6, 6.07) is -1.08. The molecule has 0 aliphatic carbocycles. The van der Waals surface area contributed by atoms with E-state index in [1.165, 1.54) is 0 Å². The lowest BCUT2D eigenvalue weighted by Crippen LogP contribution is -1.80. The predicted molar refractivity (Wildman–Crippen MR) is 41.3 cm³/mol. The molecule has 0 fully saturated rings. The standard InChI is InChI=1S/C7H8BrN/c1-2-6-3-4-7(8)9-5-6/h3-5H,2H2,1H3/i1D3,2D2,3D,4D,5D. The third-order valence-corrected chi connectivity index (χ3v) is 1.06. The van der Waals surface area contributed by atoms with E-state index >= 15 is 0 Å². The van der Waals surface area contributed by atoms with Crippen molar-refractivity contribution >= 4 is 15.9 Å². The van der Waals surface area contributed by atoms with Gasteiger partial charge in [-0.05, 0) is 33.9 Å². The molecule has 0 bridgehead atoms. The molecule has 0 unspecified atom stereocenters. The van der Waals surface area contributed by atoms with Crippen LogP contribution in [0.5, 0.6) is 0 Å². The van der Waals surface area contributed by atoms with Crippen molar-refractivity contribution in [1.29, 1.82) is 0 Å². The summed E-state index contributed by atoms with van der Waals surface area (Å²) in [7, 11) is 0. The lowest BCUT2D eigenvalue weighted by molar-refractivity contribution is 1.09. The fourth-order valence-corrected chi connectivity index (χ4v) is 0.522. The van der Waals surface area contributed by atoms with Crippen LogP contribution in [0.3, 0.4) is 0 Å². The number of halogens is 1. The first kappa shape index (κ1) is 1.82. The van der Waals surface area contributed by atoms with Gasteiger partial charge in [0.25, 0.3) is 0 Å². The van der Waals surface area contributed by atoms with Gasteiger partial charge in [-0.1, -0.05) is 12.9 Å². The van der Waals surface area contributed by atoms with Gasteiger partial charge in [-0.3, -0.25) is 0 Å². The highest BCUT2D eigenvalue weighted by atomic mass is 79.9. The van der Waals surface area contributed by atoms with E-state index in [0.29, 0.717) is 0 Å². The lowest BCUT2D eigenvalue weighted by atomic mass is 10.2. The molecule has 0 atom stereocenters. The Morgan fingerprint density at radius 3 is 3.67 bits per heavy atom. The van der Waals surface area contributed by atoms with E-state index in [4.69, 9.17) is 11.0 Å². The third-order valence-electron chi connectivity index (χ3n) is 0.682. The molecule has 0 radical (unpaired) electrons. The van der Waals surface area contributed by atoms with Crippen LogP contribution in [0.25, 0.3) is 0 Å². The van der Waals surface area contributed by atoms with E-state index in [9.17, 15) is 0 Å². The minimum atomic E-state index is -3.03. The molecular formula is C7H8BrN. The van der Waals surface area contributed by atoms with Crippen LogP contribution in [0.2, 0.25) is 0 Å². The topological polar surface area (TPSA) is 12.9 Å². The van der Waals surface area contributed by atoms with Gasteiger partial charge in [-0.15, -0.1) is 0 Å². The van der Waals surface area contributed by atoms with Crippen molar-refractivity contribution < 1.29 is 11.0 Å². The van der Waals surface area contributed by atoms with Crippen molar-refractivity contribution in [2.75, 3.05) is 0 Å². The van der Waals surface area contributed by atoms with Crippen molar-refractivity contribution in [3.05, 3.63) is 28.4 Å². The largest absolute Gasteiger partial charge is 0.249 e. The highest BCUT2D eigenvalue weighted by molar-refractivity contribution is 9.10. The Balaban J connectivity index is 3.58. The Labute approximate surface area is 74.5 Å². The van der Waals surface area contributed by atoms with Gasteiger partial charge in [0.1, 0.15) is 4.60 Å². The van der Waals surface area contributed by atoms with Crippen LogP contribution in [-0.2, 0) is 6.37 Å². The summed E-state index contributed by atoms with van der Waals surface area (Å²) in [4.78, 5) is 3.50. The zero-order valence-electron chi connectivity index (χ0n) is 12.3. The number of hydrogen-bond acceptors (Lipinski definition) is 1. The second-order valence-corrected chi connectivity index (χ2v) is 2.02. The van der Waals surface area contributed by atoms with Crippen molar-refractivity contribution in [3.8, 4) is 0 Å². The highest BCUT2D eigenvalue weighted by Crippen LogP contribution is 2.05. The molecule has 0 N–H and O–H groups in total. The van der Waals surface area contributed by atoms with Crippen LogP contribution in [0.4, 0.5) is 0 Å². The Bertz CT molecular complexity index is 454. The van der Waals surface area contributed by atoms with Crippen LogP contribution in [-0.4, -0.2) is 4.98 Å². The number of pyridine rings is 1. The van der Waals surface area contributed by atoms with Gasteiger partial charge in [-0.25, -0.2) is 4.98 Å². The van der Waals surface area contributed by atoms with Crippen LogP contribution < -0.4 is 0 Å². The maximum absolute atomic E-state index is 7.55. The molecule has 1 aromatic rings. The van der Waals surface area contributed by atoms with E-state index < -0.39 is 37.0 Å². The first-order valence-electron chi connectivity index (χ1n) is 6.14. The smallest absolute Gasteiger partial charge is 0.106 e. The van der Waals surface area contributed by atoms with Crippen molar-refractivity contribution in [1.82, 2.24) is 4.98 Å². The Morgan fingerprint density at radius 1 is 2.00 bits per heavy atom. The number of aromatic nitrogens is 1. The molecule has 9 heavy (non-hydrogen) atoms. The Morgan fingerprint density at radius 2 is 2.89 bits per heavy atom. The van der Waals surface area contributed by atoms with Crippen molar-refractivity contribution in [2.45, 2.75) is 13.2 Å². The fraction of sp³-hybridized carbons (Fsp3) is 0.286. The predicted octanol–water partition coefficient (Wildman–Crippen LogP) is 2.41. The molecule has 0 saturated carbocycles. The van der Waals surface area contributed by atoms with Gasteiger partial charge >= 0.3 is 0 Å². The van der Waals surface area contributed by atoms with Crippen LogP contribution >= 0.6 is 15.9 Å². The molecule has 0 aliphatic heterocycles. The molecule has 1 aromatic heterocycles. The molecule has 1 heterocycles. The molecule has 1 nitrogen and oxygen atoms in total. The van der Waals surface area contributed by atoms with Crippen LogP contribution in [0.15, 0.2) is 22.9 Å². The Hall–Kier alpha value is -0.370. The Kier molecular flexibility index (Phi) is 0.599. The van der Waals surface area contributed by atoms with E-state index in [1.54, 1.807) is 0 Å². The van der Waals surface area contributed by atoms with E-state index in [2.05, 4.69) is 20.9 Å². The maximum atomic E-state index is 7.55. The van der Waals surface area contributed by atoms with Crippen molar-refractivity contribution in [3.63, 3.8) is 0 Å². The monoisotopic (exact) mass is 193 g/mol. The second-order valence-electron chi connectivity index (χ2n) is 1.26.